The molecule has 0 aliphatic heterocycles. The molecule has 2 heteroatoms. The molecule has 56 valence electrons. The Morgan fingerprint density at radius 1 is 1.60 bits per heavy atom. The minimum Gasteiger partial charge on any atom is -0.366 e. The minimum absolute atomic E-state index is 0.325. The van der Waals surface area contributed by atoms with Crippen molar-refractivity contribution in [1.82, 2.24) is 0 Å². The van der Waals surface area contributed by atoms with Crippen molar-refractivity contribution >= 4 is 0 Å². The van der Waals surface area contributed by atoms with E-state index < -0.39 is 0 Å². The highest BCUT2D eigenvalue weighted by atomic mass is 16.5. The van der Waals surface area contributed by atoms with E-state index in [4.69, 9.17) is 16.9 Å². The molecule has 0 spiro atoms. The Bertz CT molecular complexity index is 139. The summed E-state index contributed by atoms with van der Waals surface area (Å²) in [6.07, 6.45) is 8.48. The van der Waals surface area contributed by atoms with Crippen molar-refractivity contribution in [2.24, 2.45) is 5.73 Å². The molecule has 0 aromatic heterocycles. The number of terminal acetylenes is 1. The van der Waals surface area contributed by atoms with Gasteiger partial charge in [-0.2, -0.15) is 0 Å². The van der Waals surface area contributed by atoms with Gasteiger partial charge < -0.3 is 10.5 Å². The van der Waals surface area contributed by atoms with Crippen LogP contribution < -0.4 is 5.73 Å². The van der Waals surface area contributed by atoms with Gasteiger partial charge in [0.05, 0.1) is 6.10 Å². The summed E-state index contributed by atoms with van der Waals surface area (Å²) in [4.78, 5) is 0. The first kappa shape index (κ1) is 7.59. The maximum Gasteiger partial charge on any atom is 0.107 e. The normalized spacial score (nSPS) is 32.0. The Labute approximate surface area is 61.7 Å². The standard InChI is InChI=1S/C8H13NO/c1-2-5-10-8-4-3-7(9)6-8/h1,7-8H,3-6,9H2. The fourth-order valence-corrected chi connectivity index (χ4v) is 1.29. The Hall–Kier alpha value is -0.520. The lowest BCUT2D eigenvalue weighted by Gasteiger charge is -2.07. The summed E-state index contributed by atoms with van der Waals surface area (Å²) >= 11 is 0. The van der Waals surface area contributed by atoms with Crippen molar-refractivity contribution < 1.29 is 4.74 Å². The summed E-state index contributed by atoms with van der Waals surface area (Å²) in [6, 6.07) is 0.336. The van der Waals surface area contributed by atoms with Gasteiger partial charge in [-0.05, 0) is 19.3 Å². The van der Waals surface area contributed by atoms with Gasteiger partial charge in [0, 0.05) is 6.04 Å². The summed E-state index contributed by atoms with van der Waals surface area (Å²) in [6.45, 7) is 0.428. The van der Waals surface area contributed by atoms with Crippen LogP contribution in [0.5, 0.6) is 0 Å². The Balaban J connectivity index is 2.14. The lowest BCUT2D eigenvalue weighted by atomic mass is 10.3. The van der Waals surface area contributed by atoms with Crippen LogP contribution in [0.4, 0.5) is 0 Å². The summed E-state index contributed by atoms with van der Waals surface area (Å²) in [5.41, 5.74) is 5.67. The van der Waals surface area contributed by atoms with Gasteiger partial charge in [-0.25, -0.2) is 0 Å². The highest BCUT2D eigenvalue weighted by Crippen LogP contribution is 2.19. The van der Waals surface area contributed by atoms with Gasteiger partial charge in [-0.15, -0.1) is 6.42 Å². The third-order valence-corrected chi connectivity index (χ3v) is 1.83. The van der Waals surface area contributed by atoms with Gasteiger partial charge in [0.15, 0.2) is 0 Å². The van der Waals surface area contributed by atoms with E-state index in [9.17, 15) is 0 Å². The molecule has 1 aliphatic carbocycles. The van der Waals surface area contributed by atoms with Crippen molar-refractivity contribution in [1.29, 1.82) is 0 Å². The zero-order valence-electron chi connectivity index (χ0n) is 6.05. The lowest BCUT2D eigenvalue weighted by Crippen LogP contribution is -2.17. The highest BCUT2D eigenvalue weighted by molar-refractivity contribution is 4.85. The second kappa shape index (κ2) is 3.60. The highest BCUT2D eigenvalue weighted by Gasteiger charge is 2.21. The first-order valence-electron chi connectivity index (χ1n) is 3.63. The largest absolute Gasteiger partial charge is 0.366 e. The predicted molar refractivity (Wildman–Crippen MR) is 40.4 cm³/mol. The topological polar surface area (TPSA) is 35.2 Å². The van der Waals surface area contributed by atoms with Crippen LogP contribution in [-0.2, 0) is 4.74 Å². The molecule has 2 unspecified atom stereocenters. The zero-order chi connectivity index (χ0) is 7.40. The van der Waals surface area contributed by atoms with Gasteiger partial charge >= 0.3 is 0 Å². The summed E-state index contributed by atoms with van der Waals surface area (Å²) in [5, 5.41) is 0. The Kier molecular flexibility index (Phi) is 2.73. The van der Waals surface area contributed by atoms with Crippen LogP contribution >= 0.6 is 0 Å². The minimum atomic E-state index is 0.325. The van der Waals surface area contributed by atoms with Crippen LogP contribution in [0.1, 0.15) is 19.3 Å². The SMILES string of the molecule is C#CCOC1CCC(N)C1. The molecule has 0 heterocycles. The third-order valence-electron chi connectivity index (χ3n) is 1.83. The predicted octanol–water partition coefficient (Wildman–Crippen LogP) is 0.516. The smallest absolute Gasteiger partial charge is 0.107 e. The maximum absolute atomic E-state index is 5.67. The fraction of sp³-hybridized carbons (Fsp3) is 0.750. The van der Waals surface area contributed by atoms with Gasteiger partial charge in [0.2, 0.25) is 0 Å². The fourth-order valence-electron chi connectivity index (χ4n) is 1.29. The number of nitrogens with two attached hydrogens (primary N) is 1. The van der Waals surface area contributed by atoms with E-state index in [-0.39, 0.29) is 0 Å². The van der Waals surface area contributed by atoms with E-state index in [1.807, 2.05) is 0 Å². The molecule has 10 heavy (non-hydrogen) atoms. The summed E-state index contributed by atoms with van der Waals surface area (Å²) < 4.78 is 5.31. The van der Waals surface area contributed by atoms with Crippen molar-refractivity contribution in [2.45, 2.75) is 31.4 Å². The molecule has 0 radical (unpaired) electrons. The van der Waals surface area contributed by atoms with Crippen molar-refractivity contribution in [3.8, 4) is 12.3 Å². The van der Waals surface area contributed by atoms with Crippen molar-refractivity contribution in [3.63, 3.8) is 0 Å². The number of hydrogen-bond donors (Lipinski definition) is 1. The molecule has 1 fully saturated rings. The molecule has 2 nitrogen and oxygen atoms in total. The first-order chi connectivity index (χ1) is 4.83. The van der Waals surface area contributed by atoms with E-state index in [1.165, 1.54) is 0 Å². The van der Waals surface area contributed by atoms with Crippen LogP contribution in [0.15, 0.2) is 0 Å². The molecule has 0 bridgehead atoms. The average molecular weight is 139 g/mol. The van der Waals surface area contributed by atoms with Gasteiger partial charge in [-0.1, -0.05) is 5.92 Å². The van der Waals surface area contributed by atoms with Crippen molar-refractivity contribution in [2.75, 3.05) is 6.61 Å². The summed E-state index contributed by atoms with van der Waals surface area (Å²) in [5.74, 6) is 2.45. The van der Waals surface area contributed by atoms with E-state index >= 15 is 0 Å². The number of rotatable bonds is 2. The molecule has 1 saturated carbocycles. The van der Waals surface area contributed by atoms with Crippen LogP contribution in [0.3, 0.4) is 0 Å². The van der Waals surface area contributed by atoms with Crippen molar-refractivity contribution in [3.05, 3.63) is 0 Å². The monoisotopic (exact) mass is 139 g/mol. The van der Waals surface area contributed by atoms with Gasteiger partial charge in [-0.3, -0.25) is 0 Å². The zero-order valence-corrected chi connectivity index (χ0v) is 6.05. The molecule has 0 aromatic rings. The van der Waals surface area contributed by atoms with Crippen LogP contribution in [0.2, 0.25) is 0 Å². The molecule has 2 N–H and O–H groups in total. The average Bonchev–Trinajstić information content (AvgIpc) is 2.31. The Morgan fingerprint density at radius 3 is 2.90 bits per heavy atom. The Morgan fingerprint density at radius 2 is 2.40 bits per heavy atom. The molecule has 1 rings (SSSR count). The molecule has 0 amide bonds. The van der Waals surface area contributed by atoms with E-state index in [1.54, 1.807) is 0 Å². The van der Waals surface area contributed by atoms with Gasteiger partial charge in [0.1, 0.15) is 6.61 Å². The number of ether oxygens (including phenoxy) is 1. The quantitative estimate of drug-likeness (QED) is 0.566. The molecular formula is C8H13NO. The van der Waals surface area contributed by atoms with Crippen LogP contribution in [0, 0.1) is 12.3 Å². The van der Waals surface area contributed by atoms with E-state index in [0.717, 1.165) is 19.3 Å². The molecule has 0 aromatic carbocycles. The first-order valence-corrected chi connectivity index (χ1v) is 3.63. The van der Waals surface area contributed by atoms with Crippen LogP contribution in [0.25, 0.3) is 0 Å². The third kappa shape index (κ3) is 2.02. The second-order valence-electron chi connectivity index (χ2n) is 2.71. The van der Waals surface area contributed by atoms with Crippen LogP contribution in [-0.4, -0.2) is 18.8 Å². The maximum atomic E-state index is 5.67. The van der Waals surface area contributed by atoms with Gasteiger partial charge in [0.25, 0.3) is 0 Å². The lowest BCUT2D eigenvalue weighted by molar-refractivity contribution is 0.0828. The second-order valence-corrected chi connectivity index (χ2v) is 2.71. The van der Waals surface area contributed by atoms with E-state index in [2.05, 4.69) is 5.92 Å². The number of hydrogen-bond acceptors (Lipinski definition) is 2. The molecule has 2 atom stereocenters. The summed E-state index contributed by atoms with van der Waals surface area (Å²) in [7, 11) is 0. The van der Waals surface area contributed by atoms with E-state index in [0.29, 0.717) is 18.8 Å². The molecule has 0 saturated heterocycles. The molecular weight excluding hydrogens is 126 g/mol. The molecule has 1 aliphatic rings.